The summed E-state index contributed by atoms with van der Waals surface area (Å²) in [7, 11) is 0. The highest BCUT2D eigenvalue weighted by atomic mass is 16.3. The van der Waals surface area contributed by atoms with E-state index in [2.05, 4.69) is 56.6 Å². The van der Waals surface area contributed by atoms with Crippen molar-refractivity contribution in [2.45, 2.75) is 51.3 Å². The second kappa shape index (κ2) is 11.2. The number of aliphatic hydroxyl groups is 1. The van der Waals surface area contributed by atoms with Crippen molar-refractivity contribution < 1.29 is 9.90 Å². The number of rotatable bonds is 6. The van der Waals surface area contributed by atoms with E-state index in [4.69, 9.17) is 0 Å². The number of benzene rings is 2. The molecule has 2 aromatic carbocycles. The Labute approximate surface area is 213 Å². The molecule has 7 heteroatoms. The van der Waals surface area contributed by atoms with Crippen molar-refractivity contribution in [2.75, 3.05) is 31.5 Å². The number of piperidine rings is 2. The fourth-order valence-electron chi connectivity index (χ4n) is 5.37. The van der Waals surface area contributed by atoms with Gasteiger partial charge in [0.2, 0.25) is 0 Å². The number of aliphatic hydroxyl groups excluding tert-OH is 1. The molecule has 2 fully saturated rings. The molecule has 36 heavy (non-hydrogen) atoms. The summed E-state index contributed by atoms with van der Waals surface area (Å²) in [5.74, 6) is 0.667. The van der Waals surface area contributed by atoms with Crippen molar-refractivity contribution in [3.63, 3.8) is 0 Å². The Morgan fingerprint density at radius 1 is 0.972 bits per heavy atom. The van der Waals surface area contributed by atoms with Gasteiger partial charge in [0.15, 0.2) is 0 Å². The van der Waals surface area contributed by atoms with Crippen LogP contribution < -0.4 is 5.32 Å². The van der Waals surface area contributed by atoms with E-state index in [1.54, 1.807) is 0 Å². The Bertz CT molecular complexity index is 1160. The molecule has 188 valence electrons. The van der Waals surface area contributed by atoms with E-state index in [-0.39, 0.29) is 12.0 Å². The molecule has 1 atom stereocenters. The van der Waals surface area contributed by atoms with Gasteiger partial charge in [-0.1, -0.05) is 54.6 Å². The van der Waals surface area contributed by atoms with Crippen LogP contribution in [0, 0.1) is 6.92 Å². The third kappa shape index (κ3) is 5.58. The smallest absolute Gasteiger partial charge is 0.272 e. The van der Waals surface area contributed by atoms with Gasteiger partial charge < -0.3 is 15.3 Å². The van der Waals surface area contributed by atoms with Crippen molar-refractivity contribution in [3.05, 3.63) is 77.7 Å². The number of nitrogens with zero attached hydrogens (tertiary/aromatic N) is 4. The monoisotopic (exact) mass is 485 g/mol. The zero-order valence-corrected chi connectivity index (χ0v) is 20.9. The number of likely N-dealkylation sites (tertiary alicyclic amines) is 2. The molecule has 3 heterocycles. The van der Waals surface area contributed by atoms with E-state index in [1.807, 2.05) is 30.0 Å². The van der Waals surface area contributed by atoms with Crippen molar-refractivity contribution in [1.82, 2.24) is 19.8 Å². The second-order valence-electron chi connectivity index (χ2n) is 9.93. The lowest BCUT2D eigenvalue weighted by Gasteiger charge is -2.41. The minimum absolute atomic E-state index is 0.0257. The lowest BCUT2D eigenvalue weighted by molar-refractivity contribution is 0.0239. The quantitative estimate of drug-likeness (QED) is 0.547. The number of anilines is 1. The number of hydrogen-bond donors (Lipinski definition) is 2. The molecule has 3 aromatic rings. The van der Waals surface area contributed by atoms with Gasteiger partial charge >= 0.3 is 0 Å². The maximum atomic E-state index is 13.3. The molecular weight excluding hydrogens is 450 g/mol. The van der Waals surface area contributed by atoms with Crippen molar-refractivity contribution >= 4 is 11.7 Å². The van der Waals surface area contributed by atoms with Crippen LogP contribution in [0.4, 0.5) is 5.82 Å². The molecule has 0 aliphatic carbocycles. The predicted molar refractivity (Wildman–Crippen MR) is 142 cm³/mol. The van der Waals surface area contributed by atoms with Crippen LogP contribution in [0.2, 0.25) is 0 Å². The van der Waals surface area contributed by atoms with Gasteiger partial charge in [0, 0.05) is 37.8 Å². The first-order valence-corrected chi connectivity index (χ1v) is 13.0. The molecule has 5 rings (SSSR count). The van der Waals surface area contributed by atoms with E-state index in [0.717, 1.165) is 63.0 Å². The number of carbonyl (C=O) groups excluding carboxylic acids is 1. The fraction of sp³-hybridized carbons (Fsp3) is 0.414. The predicted octanol–water partition coefficient (Wildman–Crippen LogP) is 4.13. The van der Waals surface area contributed by atoms with E-state index in [9.17, 15) is 9.90 Å². The van der Waals surface area contributed by atoms with Crippen LogP contribution in [0.25, 0.3) is 11.1 Å². The number of β-amino-alcohol motifs (C(OH)–C–C–N with tert-alkyl or cyclic N) is 1. The van der Waals surface area contributed by atoms with E-state index < -0.39 is 0 Å². The molecule has 2 aliphatic rings. The van der Waals surface area contributed by atoms with Gasteiger partial charge in [-0.2, -0.15) is 0 Å². The van der Waals surface area contributed by atoms with Gasteiger partial charge in [0.25, 0.3) is 5.91 Å². The zero-order chi connectivity index (χ0) is 24.9. The lowest BCUT2D eigenvalue weighted by atomic mass is 9.98. The summed E-state index contributed by atoms with van der Waals surface area (Å²) in [6, 6.07) is 19.3. The standard InChI is InChI=1S/C29H35N5O2/c1-21-27(29(36)33-16-13-25(14-17-33)34-15-5-8-26(35)19-34)31-20-32-28(21)30-18-22-9-11-24(12-10-22)23-6-3-2-4-7-23/h2-4,6-7,9-12,20,25-26,35H,5,8,13-19H2,1H3,(H,30,31,32). The van der Waals surface area contributed by atoms with Crippen LogP contribution >= 0.6 is 0 Å². The molecule has 2 saturated heterocycles. The molecule has 1 aromatic heterocycles. The highest BCUT2D eigenvalue weighted by Crippen LogP contribution is 2.24. The highest BCUT2D eigenvalue weighted by Gasteiger charge is 2.31. The van der Waals surface area contributed by atoms with Crippen LogP contribution in [0.5, 0.6) is 0 Å². The molecule has 2 aliphatic heterocycles. The summed E-state index contributed by atoms with van der Waals surface area (Å²) >= 11 is 0. The Hall–Kier alpha value is -3.29. The largest absolute Gasteiger partial charge is 0.392 e. The van der Waals surface area contributed by atoms with E-state index in [0.29, 0.717) is 24.1 Å². The maximum absolute atomic E-state index is 13.3. The Kier molecular flexibility index (Phi) is 7.58. The van der Waals surface area contributed by atoms with E-state index in [1.165, 1.54) is 17.5 Å². The van der Waals surface area contributed by atoms with Crippen LogP contribution in [0.15, 0.2) is 60.9 Å². The molecule has 1 unspecified atom stereocenters. The summed E-state index contributed by atoms with van der Waals surface area (Å²) in [5.41, 5.74) is 4.78. The normalized spacial score (nSPS) is 19.3. The lowest BCUT2D eigenvalue weighted by Crippen LogP contribution is -2.50. The number of nitrogens with one attached hydrogen (secondary N) is 1. The van der Waals surface area contributed by atoms with Gasteiger partial charge in [-0.25, -0.2) is 9.97 Å². The molecule has 0 spiro atoms. The summed E-state index contributed by atoms with van der Waals surface area (Å²) < 4.78 is 0. The van der Waals surface area contributed by atoms with Gasteiger partial charge in [-0.05, 0) is 55.8 Å². The van der Waals surface area contributed by atoms with Crippen LogP contribution in [-0.2, 0) is 6.54 Å². The topological polar surface area (TPSA) is 81.6 Å². The van der Waals surface area contributed by atoms with Gasteiger partial charge in [0.1, 0.15) is 17.8 Å². The average molecular weight is 486 g/mol. The number of carbonyl (C=O) groups is 1. The first-order chi connectivity index (χ1) is 17.6. The third-order valence-corrected chi connectivity index (χ3v) is 7.50. The van der Waals surface area contributed by atoms with Crippen LogP contribution in [0.3, 0.4) is 0 Å². The summed E-state index contributed by atoms with van der Waals surface area (Å²) in [4.78, 5) is 26.4. The van der Waals surface area contributed by atoms with Crippen molar-refractivity contribution in [2.24, 2.45) is 0 Å². The first kappa shape index (κ1) is 24.4. The van der Waals surface area contributed by atoms with Crippen LogP contribution in [-0.4, -0.2) is 69.1 Å². The average Bonchev–Trinajstić information content (AvgIpc) is 2.93. The third-order valence-electron chi connectivity index (χ3n) is 7.50. The summed E-state index contributed by atoms with van der Waals surface area (Å²) in [6.07, 6.45) is 5.08. The number of amides is 1. The Morgan fingerprint density at radius 3 is 2.42 bits per heavy atom. The molecule has 2 N–H and O–H groups in total. The fourth-order valence-corrected chi connectivity index (χ4v) is 5.37. The zero-order valence-electron chi connectivity index (χ0n) is 20.9. The minimum Gasteiger partial charge on any atom is -0.392 e. The molecule has 0 saturated carbocycles. The van der Waals surface area contributed by atoms with Gasteiger partial charge in [-0.15, -0.1) is 0 Å². The number of aromatic nitrogens is 2. The van der Waals surface area contributed by atoms with Gasteiger partial charge in [-0.3, -0.25) is 9.69 Å². The maximum Gasteiger partial charge on any atom is 0.272 e. The number of hydrogen-bond acceptors (Lipinski definition) is 6. The molecule has 7 nitrogen and oxygen atoms in total. The van der Waals surface area contributed by atoms with Crippen molar-refractivity contribution in [3.8, 4) is 11.1 Å². The Morgan fingerprint density at radius 2 is 1.69 bits per heavy atom. The van der Waals surface area contributed by atoms with Crippen LogP contribution in [0.1, 0.15) is 47.3 Å². The van der Waals surface area contributed by atoms with Crippen molar-refractivity contribution in [1.29, 1.82) is 0 Å². The highest BCUT2D eigenvalue weighted by molar-refractivity contribution is 5.94. The Balaban J connectivity index is 1.18. The van der Waals surface area contributed by atoms with E-state index >= 15 is 0 Å². The minimum atomic E-state index is -0.213. The molecular formula is C29H35N5O2. The first-order valence-electron chi connectivity index (χ1n) is 13.0. The summed E-state index contributed by atoms with van der Waals surface area (Å²) in [5, 5.41) is 13.4. The van der Waals surface area contributed by atoms with Gasteiger partial charge in [0.05, 0.1) is 6.10 Å². The molecule has 0 bridgehead atoms. The second-order valence-corrected chi connectivity index (χ2v) is 9.93. The molecule has 1 amide bonds. The molecule has 0 radical (unpaired) electrons. The summed E-state index contributed by atoms with van der Waals surface area (Å²) in [6.45, 7) is 5.77. The SMILES string of the molecule is Cc1c(NCc2ccc(-c3ccccc3)cc2)ncnc1C(=O)N1CCC(N2CCCC(O)C2)CC1.